The van der Waals surface area contributed by atoms with E-state index in [2.05, 4.69) is 36.4 Å². The highest BCUT2D eigenvalue weighted by Gasteiger charge is 2.07. The molecule has 0 aromatic carbocycles. The van der Waals surface area contributed by atoms with Crippen LogP contribution >= 0.6 is 11.8 Å². The van der Waals surface area contributed by atoms with Gasteiger partial charge in [-0.2, -0.15) is 11.8 Å². The van der Waals surface area contributed by atoms with Crippen LogP contribution in [0.5, 0.6) is 0 Å². The molecule has 0 fully saturated rings. The number of rotatable bonds is 8. The first kappa shape index (κ1) is 13.8. The molecule has 0 aliphatic carbocycles. The Kier molecular flexibility index (Phi) is 9.27. The van der Waals surface area contributed by atoms with Crippen LogP contribution in [0.15, 0.2) is 0 Å². The molecule has 0 aromatic rings. The third-order valence-electron chi connectivity index (χ3n) is 2.36. The van der Waals surface area contributed by atoms with Crippen molar-refractivity contribution in [3.05, 3.63) is 0 Å². The minimum atomic E-state index is 0.662. The lowest BCUT2D eigenvalue weighted by Gasteiger charge is -2.24. The third-order valence-corrected chi connectivity index (χ3v) is 3.00. The summed E-state index contributed by atoms with van der Waals surface area (Å²) < 4.78 is 0. The number of likely N-dealkylation sites (N-methyl/N-ethyl adjacent to an activating group) is 1. The molecule has 0 aliphatic rings. The van der Waals surface area contributed by atoms with Crippen LogP contribution < -0.4 is 5.32 Å². The second kappa shape index (κ2) is 9.39. The molecule has 0 heterocycles. The fourth-order valence-corrected chi connectivity index (χ4v) is 1.72. The molecule has 0 amide bonds. The number of nitrogens with one attached hydrogen (secondary N) is 1. The summed E-state index contributed by atoms with van der Waals surface area (Å²) in [7, 11) is 2.17. The van der Waals surface area contributed by atoms with Crippen molar-refractivity contribution in [2.24, 2.45) is 0 Å². The Morgan fingerprint density at radius 3 is 2.86 bits per heavy atom. The molecule has 1 unspecified atom stereocenters. The van der Waals surface area contributed by atoms with Crippen molar-refractivity contribution in [2.45, 2.75) is 19.4 Å². The molecule has 0 saturated carbocycles. The van der Waals surface area contributed by atoms with Crippen LogP contribution in [0.25, 0.3) is 0 Å². The Morgan fingerprint density at radius 1 is 1.57 bits per heavy atom. The maximum Gasteiger partial charge on any atom is 0.0574 e. The third kappa shape index (κ3) is 7.25. The summed E-state index contributed by atoms with van der Waals surface area (Å²) >= 11 is 1.91. The van der Waals surface area contributed by atoms with E-state index < -0.39 is 0 Å². The molecule has 14 heavy (non-hydrogen) atoms. The van der Waals surface area contributed by atoms with Gasteiger partial charge < -0.3 is 10.2 Å². The predicted molar refractivity (Wildman–Crippen MR) is 66.8 cm³/mol. The zero-order valence-corrected chi connectivity index (χ0v) is 10.4. The molecule has 0 spiro atoms. The molecule has 2 nitrogen and oxygen atoms in total. The first-order valence-electron chi connectivity index (χ1n) is 5.05. The Hall–Kier alpha value is -0.170. The predicted octanol–water partition coefficient (Wildman–Crippen LogP) is 1.28. The van der Waals surface area contributed by atoms with Crippen LogP contribution in [-0.2, 0) is 0 Å². The first-order valence-corrected chi connectivity index (χ1v) is 6.45. The summed E-state index contributed by atoms with van der Waals surface area (Å²) in [6.07, 6.45) is 8.55. The van der Waals surface area contributed by atoms with Gasteiger partial charge >= 0.3 is 0 Å². The Morgan fingerprint density at radius 2 is 2.29 bits per heavy atom. The first-order chi connectivity index (χ1) is 6.72. The average Bonchev–Trinajstić information content (AvgIpc) is 2.20. The van der Waals surface area contributed by atoms with Crippen molar-refractivity contribution < 1.29 is 0 Å². The quantitative estimate of drug-likeness (QED) is 0.484. The van der Waals surface area contributed by atoms with Gasteiger partial charge in [0, 0.05) is 19.1 Å². The molecule has 0 radical (unpaired) electrons. The maximum absolute atomic E-state index is 5.14. The molecule has 3 heteroatoms. The lowest BCUT2D eigenvalue weighted by Crippen LogP contribution is -2.35. The van der Waals surface area contributed by atoms with E-state index in [0.717, 1.165) is 13.1 Å². The summed E-state index contributed by atoms with van der Waals surface area (Å²) in [5.41, 5.74) is 0. The second-order valence-electron chi connectivity index (χ2n) is 3.49. The highest BCUT2D eigenvalue weighted by molar-refractivity contribution is 7.98. The minimum Gasteiger partial charge on any atom is -0.305 e. The highest BCUT2D eigenvalue weighted by Crippen LogP contribution is 2.04. The summed E-state index contributed by atoms with van der Waals surface area (Å²) in [6.45, 7) is 4.99. The van der Waals surface area contributed by atoms with Gasteiger partial charge in [-0.1, -0.05) is 5.92 Å². The fraction of sp³-hybridized carbons (Fsp3) is 0.818. The van der Waals surface area contributed by atoms with Crippen LogP contribution in [0.1, 0.15) is 13.3 Å². The van der Waals surface area contributed by atoms with Gasteiger partial charge in [-0.3, -0.25) is 0 Å². The molecule has 0 saturated heterocycles. The van der Waals surface area contributed by atoms with Crippen LogP contribution in [0.2, 0.25) is 0 Å². The van der Waals surface area contributed by atoms with E-state index in [0.29, 0.717) is 12.6 Å². The molecule has 1 atom stereocenters. The van der Waals surface area contributed by atoms with Gasteiger partial charge in [0.2, 0.25) is 0 Å². The van der Waals surface area contributed by atoms with Crippen molar-refractivity contribution >= 4 is 11.8 Å². The molecular weight excluding hydrogens is 192 g/mol. The summed E-state index contributed by atoms with van der Waals surface area (Å²) in [6, 6.07) is 0.662. The Bertz CT molecular complexity index is 165. The van der Waals surface area contributed by atoms with E-state index in [9.17, 15) is 0 Å². The van der Waals surface area contributed by atoms with Gasteiger partial charge in [-0.15, -0.1) is 6.42 Å². The monoisotopic (exact) mass is 214 g/mol. The molecule has 0 aromatic heterocycles. The zero-order chi connectivity index (χ0) is 10.8. The van der Waals surface area contributed by atoms with Gasteiger partial charge in [-0.05, 0) is 32.4 Å². The highest BCUT2D eigenvalue weighted by atomic mass is 32.2. The molecular formula is C11H22N2S. The lowest BCUT2D eigenvalue weighted by atomic mass is 10.2. The summed E-state index contributed by atoms with van der Waals surface area (Å²) in [4.78, 5) is 2.37. The van der Waals surface area contributed by atoms with Crippen molar-refractivity contribution in [1.82, 2.24) is 10.2 Å². The number of terminal acetylenes is 1. The van der Waals surface area contributed by atoms with Crippen LogP contribution in [0.4, 0.5) is 0 Å². The average molecular weight is 214 g/mol. The standard InChI is InChI=1S/C11H22N2S/c1-5-7-12-8-9-13(3)11(2)6-10-14-4/h1,11-12H,6-10H2,2-4H3. The van der Waals surface area contributed by atoms with E-state index in [1.54, 1.807) is 0 Å². The molecule has 0 bridgehead atoms. The SMILES string of the molecule is C#CCNCCN(C)C(C)CCSC. The molecule has 0 aliphatic heterocycles. The van der Waals surface area contributed by atoms with E-state index in [4.69, 9.17) is 6.42 Å². The minimum absolute atomic E-state index is 0.662. The van der Waals surface area contributed by atoms with Crippen molar-refractivity contribution in [1.29, 1.82) is 0 Å². The maximum atomic E-state index is 5.14. The number of hydrogen-bond acceptors (Lipinski definition) is 3. The molecule has 1 N–H and O–H groups in total. The van der Waals surface area contributed by atoms with E-state index in [1.807, 2.05) is 11.8 Å². The Labute approximate surface area is 92.8 Å². The summed E-state index contributed by atoms with van der Waals surface area (Å²) in [5, 5.41) is 3.19. The second-order valence-corrected chi connectivity index (χ2v) is 4.48. The van der Waals surface area contributed by atoms with E-state index >= 15 is 0 Å². The van der Waals surface area contributed by atoms with Gasteiger partial charge in [0.25, 0.3) is 0 Å². The van der Waals surface area contributed by atoms with Gasteiger partial charge in [0.1, 0.15) is 0 Å². The van der Waals surface area contributed by atoms with Crippen LogP contribution in [-0.4, -0.2) is 49.6 Å². The van der Waals surface area contributed by atoms with Gasteiger partial charge in [0.05, 0.1) is 6.54 Å². The molecule has 0 rings (SSSR count). The van der Waals surface area contributed by atoms with Crippen LogP contribution in [0, 0.1) is 12.3 Å². The van der Waals surface area contributed by atoms with Crippen LogP contribution in [0.3, 0.4) is 0 Å². The van der Waals surface area contributed by atoms with E-state index in [-0.39, 0.29) is 0 Å². The topological polar surface area (TPSA) is 15.3 Å². The number of nitrogens with zero attached hydrogens (tertiary/aromatic N) is 1. The van der Waals surface area contributed by atoms with Gasteiger partial charge in [-0.25, -0.2) is 0 Å². The fourth-order valence-electron chi connectivity index (χ4n) is 1.15. The smallest absolute Gasteiger partial charge is 0.0574 e. The normalized spacial score (nSPS) is 12.8. The zero-order valence-electron chi connectivity index (χ0n) is 9.55. The lowest BCUT2D eigenvalue weighted by molar-refractivity contribution is 0.254. The molecule has 82 valence electrons. The van der Waals surface area contributed by atoms with E-state index in [1.165, 1.54) is 12.2 Å². The number of thioether (sulfide) groups is 1. The Balaban J connectivity index is 3.42. The largest absolute Gasteiger partial charge is 0.305 e. The van der Waals surface area contributed by atoms with Gasteiger partial charge in [0.15, 0.2) is 0 Å². The van der Waals surface area contributed by atoms with Crippen molar-refractivity contribution in [3.63, 3.8) is 0 Å². The number of hydrogen-bond donors (Lipinski definition) is 1. The van der Waals surface area contributed by atoms with Crippen molar-refractivity contribution in [3.8, 4) is 12.3 Å². The van der Waals surface area contributed by atoms with Crippen molar-refractivity contribution in [2.75, 3.05) is 38.7 Å². The summed E-state index contributed by atoms with van der Waals surface area (Å²) in [5.74, 6) is 3.81.